The Hall–Kier alpha value is -0.120. The van der Waals surface area contributed by atoms with Gasteiger partial charge in [-0.2, -0.15) is 0 Å². The van der Waals surface area contributed by atoms with Gasteiger partial charge in [0, 0.05) is 25.1 Å². The van der Waals surface area contributed by atoms with Crippen molar-refractivity contribution in [1.82, 2.24) is 10.2 Å². The van der Waals surface area contributed by atoms with Crippen LogP contribution in [0.1, 0.15) is 86.0 Å². The lowest BCUT2D eigenvalue weighted by atomic mass is 9.42. The Balaban J connectivity index is 1.52. The molecule has 5 rings (SSSR count). The Bertz CT molecular complexity index is 735. The van der Waals surface area contributed by atoms with E-state index in [-0.39, 0.29) is 0 Å². The number of hydrogen-bond acceptors (Lipinski definition) is 3. The van der Waals surface area contributed by atoms with Crippen LogP contribution in [0.3, 0.4) is 0 Å². The van der Waals surface area contributed by atoms with Gasteiger partial charge in [-0.05, 0) is 118 Å². The van der Waals surface area contributed by atoms with E-state index >= 15 is 0 Å². The van der Waals surface area contributed by atoms with Crippen molar-refractivity contribution in [2.45, 2.75) is 104 Å². The third kappa shape index (κ3) is 2.47. The van der Waals surface area contributed by atoms with Crippen LogP contribution in [0.25, 0.3) is 0 Å². The van der Waals surface area contributed by atoms with Gasteiger partial charge in [0.2, 0.25) is 0 Å². The van der Waals surface area contributed by atoms with Gasteiger partial charge in [-0.1, -0.05) is 27.7 Å². The van der Waals surface area contributed by atoms with Crippen LogP contribution in [0, 0.1) is 44.8 Å². The van der Waals surface area contributed by atoms with Crippen molar-refractivity contribution in [3.8, 4) is 0 Å². The molecular weight excluding hydrogens is 380 g/mol. The van der Waals surface area contributed by atoms with E-state index in [2.05, 4.69) is 66.0 Å². The second kappa shape index (κ2) is 6.72. The van der Waals surface area contributed by atoms with E-state index in [1.165, 1.54) is 51.4 Å². The van der Waals surface area contributed by atoms with Gasteiger partial charge in [-0.3, -0.25) is 0 Å². The van der Waals surface area contributed by atoms with E-state index in [0.29, 0.717) is 51.2 Å². The van der Waals surface area contributed by atoms with Gasteiger partial charge in [0.05, 0.1) is 6.10 Å². The molecule has 5 aliphatic rings. The van der Waals surface area contributed by atoms with Crippen molar-refractivity contribution in [1.29, 1.82) is 0 Å². The van der Waals surface area contributed by atoms with Crippen LogP contribution in [0.2, 0.25) is 0 Å². The molecule has 0 aromatic rings. The largest absolute Gasteiger partial charge is 0.381 e. The maximum absolute atomic E-state index is 6.28. The molecule has 0 aromatic heterocycles. The van der Waals surface area contributed by atoms with Gasteiger partial charge in [0.15, 0.2) is 0 Å². The average molecular weight is 431 g/mol. The topological polar surface area (TPSA) is 24.5 Å². The first-order chi connectivity index (χ1) is 14.4. The summed E-state index contributed by atoms with van der Waals surface area (Å²) >= 11 is 0. The molecule has 3 heteroatoms. The summed E-state index contributed by atoms with van der Waals surface area (Å²) < 4.78 is 6.28. The van der Waals surface area contributed by atoms with E-state index in [9.17, 15) is 0 Å². The van der Waals surface area contributed by atoms with E-state index < -0.39 is 0 Å². The van der Waals surface area contributed by atoms with Crippen molar-refractivity contribution < 1.29 is 4.74 Å². The third-order valence-corrected chi connectivity index (χ3v) is 13.2. The molecule has 0 amide bonds. The van der Waals surface area contributed by atoms with Gasteiger partial charge in [0.25, 0.3) is 0 Å². The highest BCUT2D eigenvalue weighted by atomic mass is 16.5. The second-order valence-electron chi connectivity index (χ2n) is 13.9. The fourth-order valence-electron chi connectivity index (χ4n) is 11.4. The molecule has 1 N–H and O–H groups in total. The lowest BCUT2D eigenvalue weighted by Crippen LogP contribution is -2.59. The third-order valence-electron chi connectivity index (χ3n) is 13.2. The predicted molar refractivity (Wildman–Crippen MR) is 129 cm³/mol. The molecule has 5 fully saturated rings. The summed E-state index contributed by atoms with van der Waals surface area (Å²) in [7, 11) is 8.71. The van der Waals surface area contributed by atoms with E-state index in [1.54, 1.807) is 0 Å². The fourth-order valence-corrected chi connectivity index (χ4v) is 11.4. The molecule has 10 atom stereocenters. The number of nitrogens with zero attached hydrogens (tertiary/aromatic N) is 1. The Morgan fingerprint density at radius 2 is 1.55 bits per heavy atom. The van der Waals surface area contributed by atoms with E-state index in [0.717, 1.165) is 11.8 Å². The molecule has 2 spiro atoms. The van der Waals surface area contributed by atoms with Crippen LogP contribution in [0.4, 0.5) is 0 Å². The first-order valence-corrected chi connectivity index (χ1v) is 13.3. The summed E-state index contributed by atoms with van der Waals surface area (Å²) in [6.07, 6.45) is 11.9. The van der Waals surface area contributed by atoms with Crippen molar-refractivity contribution in [2.75, 3.05) is 28.3 Å². The number of nitrogens with one attached hydrogen (secondary N) is 1. The molecule has 5 aliphatic carbocycles. The van der Waals surface area contributed by atoms with Gasteiger partial charge in [-0.25, -0.2) is 0 Å². The molecule has 8 unspecified atom stereocenters. The molecule has 5 saturated carbocycles. The Labute approximate surface area is 192 Å². The summed E-state index contributed by atoms with van der Waals surface area (Å²) in [6.45, 7) is 13.0. The molecule has 0 aromatic carbocycles. The molecule has 0 bridgehead atoms. The van der Waals surface area contributed by atoms with Gasteiger partial charge < -0.3 is 15.0 Å². The molecule has 178 valence electrons. The van der Waals surface area contributed by atoms with Crippen molar-refractivity contribution in [3.05, 3.63) is 0 Å². The number of methoxy groups -OCH3 is 1. The second-order valence-corrected chi connectivity index (χ2v) is 13.9. The van der Waals surface area contributed by atoms with Crippen LogP contribution in [0.5, 0.6) is 0 Å². The standard InChI is InChI=1S/C28H50N2O/c1-18(30(7)8)23-19(31-9)16-26(5)21-11-10-20-24(2,3)22(29-6)12-13-27(20)17-28(21,27)15-14-25(23,26)4/h18-23,29H,10-17H2,1-9H3/t18?,19-,20?,21?,22?,23?,25?,26+,27?,28?/m1/s1. The Morgan fingerprint density at radius 1 is 0.903 bits per heavy atom. The lowest BCUT2D eigenvalue weighted by Gasteiger charge is -2.63. The van der Waals surface area contributed by atoms with E-state index in [1.807, 2.05) is 7.11 Å². The lowest BCUT2D eigenvalue weighted by molar-refractivity contribution is -0.146. The van der Waals surface area contributed by atoms with Gasteiger partial charge in [0.1, 0.15) is 0 Å². The zero-order chi connectivity index (χ0) is 22.6. The van der Waals surface area contributed by atoms with Crippen LogP contribution >= 0.6 is 0 Å². The number of hydrogen-bond donors (Lipinski definition) is 1. The molecule has 3 nitrogen and oxygen atoms in total. The van der Waals surface area contributed by atoms with Crippen molar-refractivity contribution in [3.63, 3.8) is 0 Å². The normalized spacial score (nSPS) is 55.7. The quantitative estimate of drug-likeness (QED) is 0.629. The zero-order valence-corrected chi connectivity index (χ0v) is 22.0. The highest BCUT2D eigenvalue weighted by molar-refractivity contribution is 5.31. The minimum absolute atomic E-state index is 0.390. The zero-order valence-electron chi connectivity index (χ0n) is 22.0. The minimum atomic E-state index is 0.390. The molecule has 0 aliphatic heterocycles. The first kappa shape index (κ1) is 22.7. The maximum atomic E-state index is 6.28. The Kier molecular flexibility index (Phi) is 4.92. The van der Waals surface area contributed by atoms with Crippen molar-refractivity contribution >= 4 is 0 Å². The van der Waals surface area contributed by atoms with Crippen LogP contribution < -0.4 is 5.32 Å². The summed E-state index contributed by atoms with van der Waals surface area (Å²) in [5.41, 5.74) is 2.51. The first-order valence-electron chi connectivity index (χ1n) is 13.3. The maximum Gasteiger partial charge on any atom is 0.0625 e. The highest BCUT2D eigenvalue weighted by Gasteiger charge is 2.82. The SMILES string of the molecule is CNC1CCC23CC24CCC2(C)C(C(C)N(C)C)[C@H](OC)C[C@@]2(C)C4CCC3C1(C)C. The molecule has 31 heavy (non-hydrogen) atoms. The summed E-state index contributed by atoms with van der Waals surface area (Å²) in [5, 5.41) is 3.70. The summed E-state index contributed by atoms with van der Waals surface area (Å²) in [4.78, 5) is 2.45. The minimum Gasteiger partial charge on any atom is -0.381 e. The van der Waals surface area contributed by atoms with Gasteiger partial charge in [-0.15, -0.1) is 0 Å². The molecule has 0 radical (unpaired) electrons. The predicted octanol–water partition coefficient (Wildman–Crippen LogP) is 5.59. The smallest absolute Gasteiger partial charge is 0.0625 e. The summed E-state index contributed by atoms with van der Waals surface area (Å²) in [6, 6.07) is 1.26. The average Bonchev–Trinajstić information content (AvgIpc) is 3.31. The molecule has 0 saturated heterocycles. The summed E-state index contributed by atoms with van der Waals surface area (Å²) in [5.74, 6) is 2.44. The monoisotopic (exact) mass is 430 g/mol. The molecule has 0 heterocycles. The van der Waals surface area contributed by atoms with Gasteiger partial charge >= 0.3 is 0 Å². The Morgan fingerprint density at radius 3 is 2.16 bits per heavy atom. The fraction of sp³-hybridized carbons (Fsp3) is 1.00. The highest BCUT2D eigenvalue weighted by Crippen LogP contribution is 2.89. The van der Waals surface area contributed by atoms with Crippen LogP contribution in [0.15, 0.2) is 0 Å². The van der Waals surface area contributed by atoms with Crippen LogP contribution in [-0.4, -0.2) is 51.3 Å². The molecular formula is C28H50N2O. The number of fused-ring (bicyclic) bond motifs is 2. The number of ether oxygens (including phenoxy) is 1. The van der Waals surface area contributed by atoms with Crippen LogP contribution in [-0.2, 0) is 4.74 Å². The number of rotatable bonds is 4. The van der Waals surface area contributed by atoms with Crippen molar-refractivity contribution in [2.24, 2.45) is 44.8 Å². The van der Waals surface area contributed by atoms with E-state index in [4.69, 9.17) is 4.74 Å².